The third kappa shape index (κ3) is 3.07. The second-order valence-electron chi connectivity index (χ2n) is 4.14. The molecule has 0 saturated carbocycles. The molecule has 1 atom stereocenters. The Labute approximate surface area is 92.1 Å². The largest absolute Gasteiger partial charge is 0.287 e. The van der Waals surface area contributed by atoms with E-state index in [9.17, 15) is 0 Å². The summed E-state index contributed by atoms with van der Waals surface area (Å²) in [7, 11) is 1.98. The molecular weight excluding hydrogens is 184 g/mol. The van der Waals surface area contributed by atoms with Crippen molar-refractivity contribution in [3.63, 3.8) is 0 Å². The van der Waals surface area contributed by atoms with E-state index in [0.717, 1.165) is 6.54 Å². The highest BCUT2D eigenvalue weighted by Crippen LogP contribution is 2.12. The van der Waals surface area contributed by atoms with E-state index in [1.54, 1.807) is 0 Å². The molecule has 0 spiro atoms. The third-order valence-electron chi connectivity index (χ3n) is 2.85. The molecule has 0 heterocycles. The van der Waals surface area contributed by atoms with Gasteiger partial charge < -0.3 is 0 Å². The third-order valence-corrected chi connectivity index (χ3v) is 2.85. The minimum Gasteiger partial charge on any atom is -0.287 e. The lowest BCUT2D eigenvalue weighted by atomic mass is 10.1. The summed E-state index contributed by atoms with van der Waals surface area (Å²) in [6.45, 7) is 6.98. The summed E-state index contributed by atoms with van der Waals surface area (Å²) in [4.78, 5) is 2.05. The molecule has 1 aromatic carbocycles. The zero-order chi connectivity index (χ0) is 11.4. The number of nitriles is 1. The van der Waals surface area contributed by atoms with Gasteiger partial charge in [0.15, 0.2) is 0 Å². The van der Waals surface area contributed by atoms with Crippen LogP contribution >= 0.6 is 0 Å². The van der Waals surface area contributed by atoms with Crippen LogP contribution in [0.5, 0.6) is 0 Å². The average Bonchev–Trinajstić information content (AvgIpc) is 2.22. The van der Waals surface area contributed by atoms with Crippen molar-refractivity contribution in [2.75, 3.05) is 7.05 Å². The van der Waals surface area contributed by atoms with E-state index < -0.39 is 0 Å². The average molecular weight is 202 g/mol. The molecule has 0 aromatic heterocycles. The van der Waals surface area contributed by atoms with Gasteiger partial charge >= 0.3 is 0 Å². The Morgan fingerprint density at radius 1 is 1.33 bits per heavy atom. The molecule has 1 unspecified atom stereocenters. The Bertz CT molecular complexity index is 377. The van der Waals surface area contributed by atoms with Crippen molar-refractivity contribution in [3.8, 4) is 6.07 Å². The van der Waals surface area contributed by atoms with Crippen LogP contribution in [0.4, 0.5) is 0 Å². The normalized spacial score (nSPS) is 12.5. The molecule has 0 bridgehead atoms. The maximum absolute atomic E-state index is 8.79. The zero-order valence-electron chi connectivity index (χ0n) is 9.91. The SMILES string of the molecule is Cc1ccc(CN(C)C(C)C#N)cc1C. The smallest absolute Gasteiger partial charge is 0.0949 e. The first-order valence-corrected chi connectivity index (χ1v) is 5.20. The molecule has 0 N–H and O–H groups in total. The highest BCUT2D eigenvalue weighted by Gasteiger charge is 2.08. The lowest BCUT2D eigenvalue weighted by Crippen LogP contribution is -2.26. The monoisotopic (exact) mass is 202 g/mol. The Morgan fingerprint density at radius 2 is 2.00 bits per heavy atom. The molecule has 1 aromatic rings. The standard InChI is InChI=1S/C13H18N2/c1-10-5-6-13(7-11(10)2)9-15(4)12(3)8-14/h5-7,12H,9H2,1-4H3. The van der Waals surface area contributed by atoms with Gasteiger partial charge in [0.2, 0.25) is 0 Å². The van der Waals surface area contributed by atoms with Crippen LogP contribution < -0.4 is 0 Å². The predicted octanol–water partition coefficient (Wildman–Crippen LogP) is 2.65. The first kappa shape index (κ1) is 11.7. The van der Waals surface area contributed by atoms with Gasteiger partial charge in [-0.05, 0) is 44.5 Å². The van der Waals surface area contributed by atoms with Crippen molar-refractivity contribution < 1.29 is 0 Å². The van der Waals surface area contributed by atoms with Crippen LogP contribution in [0.25, 0.3) is 0 Å². The molecule has 2 nitrogen and oxygen atoms in total. The summed E-state index contributed by atoms with van der Waals surface area (Å²) < 4.78 is 0. The summed E-state index contributed by atoms with van der Waals surface area (Å²) >= 11 is 0. The van der Waals surface area contributed by atoms with Gasteiger partial charge in [-0.2, -0.15) is 5.26 Å². The Morgan fingerprint density at radius 3 is 2.53 bits per heavy atom. The van der Waals surface area contributed by atoms with Crippen LogP contribution in [0, 0.1) is 25.2 Å². The lowest BCUT2D eigenvalue weighted by molar-refractivity contribution is 0.294. The van der Waals surface area contributed by atoms with Crippen LogP contribution in [0.15, 0.2) is 18.2 Å². The molecule has 2 heteroatoms. The lowest BCUT2D eigenvalue weighted by Gasteiger charge is -2.19. The number of benzene rings is 1. The molecule has 0 saturated heterocycles. The highest BCUT2D eigenvalue weighted by atomic mass is 15.1. The number of hydrogen-bond acceptors (Lipinski definition) is 2. The van der Waals surface area contributed by atoms with Crippen LogP contribution in [0.2, 0.25) is 0 Å². The second-order valence-corrected chi connectivity index (χ2v) is 4.14. The Hall–Kier alpha value is -1.33. The first-order valence-electron chi connectivity index (χ1n) is 5.20. The van der Waals surface area contributed by atoms with Crippen molar-refractivity contribution in [2.24, 2.45) is 0 Å². The maximum atomic E-state index is 8.79. The molecule has 0 aliphatic rings. The van der Waals surface area contributed by atoms with E-state index in [1.807, 2.05) is 18.9 Å². The summed E-state index contributed by atoms with van der Waals surface area (Å²) in [5, 5.41) is 8.79. The molecular formula is C13H18N2. The second kappa shape index (κ2) is 4.95. The van der Waals surface area contributed by atoms with E-state index in [-0.39, 0.29) is 6.04 Å². The van der Waals surface area contributed by atoms with E-state index >= 15 is 0 Å². The zero-order valence-corrected chi connectivity index (χ0v) is 9.91. The van der Waals surface area contributed by atoms with Crippen molar-refractivity contribution in [3.05, 3.63) is 34.9 Å². The van der Waals surface area contributed by atoms with Crippen LogP contribution in [0.1, 0.15) is 23.6 Å². The fourth-order valence-electron chi connectivity index (χ4n) is 1.43. The van der Waals surface area contributed by atoms with Crippen LogP contribution in [-0.4, -0.2) is 18.0 Å². The van der Waals surface area contributed by atoms with Gasteiger partial charge in [-0.15, -0.1) is 0 Å². The molecule has 1 rings (SSSR count). The minimum atomic E-state index is -0.0355. The number of aryl methyl sites for hydroxylation is 2. The highest BCUT2D eigenvalue weighted by molar-refractivity contribution is 5.29. The topological polar surface area (TPSA) is 27.0 Å². The fraction of sp³-hybridized carbons (Fsp3) is 0.462. The predicted molar refractivity (Wildman–Crippen MR) is 62.5 cm³/mol. The van der Waals surface area contributed by atoms with Crippen molar-refractivity contribution in [2.45, 2.75) is 33.4 Å². The number of hydrogen-bond donors (Lipinski definition) is 0. The molecule has 0 radical (unpaired) electrons. The molecule has 0 fully saturated rings. The molecule has 0 aliphatic heterocycles. The van der Waals surface area contributed by atoms with Crippen molar-refractivity contribution in [1.29, 1.82) is 5.26 Å². The van der Waals surface area contributed by atoms with Crippen molar-refractivity contribution in [1.82, 2.24) is 4.90 Å². The summed E-state index contributed by atoms with van der Waals surface area (Å²) in [5.41, 5.74) is 3.89. The Kier molecular flexibility index (Phi) is 3.88. The van der Waals surface area contributed by atoms with Gasteiger partial charge in [-0.25, -0.2) is 0 Å². The van der Waals surface area contributed by atoms with E-state index in [1.165, 1.54) is 16.7 Å². The number of rotatable bonds is 3. The van der Waals surface area contributed by atoms with Crippen LogP contribution in [0.3, 0.4) is 0 Å². The van der Waals surface area contributed by atoms with Gasteiger partial charge in [0.1, 0.15) is 0 Å². The molecule has 80 valence electrons. The quantitative estimate of drug-likeness (QED) is 0.753. The van der Waals surface area contributed by atoms with Gasteiger partial charge in [0, 0.05) is 6.54 Å². The van der Waals surface area contributed by atoms with E-state index in [0.29, 0.717) is 0 Å². The van der Waals surface area contributed by atoms with E-state index in [4.69, 9.17) is 5.26 Å². The molecule has 0 aliphatic carbocycles. The maximum Gasteiger partial charge on any atom is 0.0949 e. The van der Waals surface area contributed by atoms with Gasteiger partial charge in [-0.3, -0.25) is 4.90 Å². The fourth-order valence-corrected chi connectivity index (χ4v) is 1.43. The minimum absolute atomic E-state index is 0.0355. The Balaban J connectivity index is 2.74. The van der Waals surface area contributed by atoms with Gasteiger partial charge in [0.05, 0.1) is 12.1 Å². The molecule has 15 heavy (non-hydrogen) atoms. The van der Waals surface area contributed by atoms with Crippen LogP contribution in [-0.2, 0) is 6.54 Å². The van der Waals surface area contributed by atoms with Gasteiger partial charge in [-0.1, -0.05) is 18.2 Å². The summed E-state index contributed by atoms with van der Waals surface area (Å²) in [5.74, 6) is 0. The summed E-state index contributed by atoms with van der Waals surface area (Å²) in [6.07, 6.45) is 0. The van der Waals surface area contributed by atoms with E-state index in [2.05, 4.69) is 38.1 Å². The first-order chi connectivity index (χ1) is 7.04. The summed E-state index contributed by atoms with van der Waals surface area (Å²) in [6, 6.07) is 8.65. The number of nitrogens with zero attached hydrogens (tertiary/aromatic N) is 2. The molecule has 0 amide bonds. The van der Waals surface area contributed by atoms with Gasteiger partial charge in [0.25, 0.3) is 0 Å². The van der Waals surface area contributed by atoms with Crippen molar-refractivity contribution >= 4 is 0 Å².